The van der Waals surface area contributed by atoms with E-state index in [1.54, 1.807) is 0 Å². The van der Waals surface area contributed by atoms with Crippen LogP contribution in [-0.4, -0.2) is 99.0 Å². The molecule has 1 aromatic carbocycles. The molecule has 0 aliphatic rings. The lowest BCUT2D eigenvalue weighted by atomic mass is 10.3. The first-order valence-corrected chi connectivity index (χ1v) is 10.0. The molecule has 0 N–H and O–H groups in total. The number of hydrogen-bond acceptors (Lipinski definition) is 9. The van der Waals surface area contributed by atoms with Gasteiger partial charge in [0.15, 0.2) is 0 Å². The van der Waals surface area contributed by atoms with Crippen LogP contribution < -0.4 is 4.74 Å². The van der Waals surface area contributed by atoms with Crippen molar-refractivity contribution < 1.29 is 42.7 Å². The zero-order valence-electron chi connectivity index (χ0n) is 17.8. The molecule has 0 unspecified atom stereocenters. The molecule has 0 bridgehead atoms. The number of carbonyl (C=O) groups excluding carboxylic acids is 1. The molecular formula is C21H34O9. The van der Waals surface area contributed by atoms with E-state index in [1.165, 1.54) is 7.11 Å². The van der Waals surface area contributed by atoms with E-state index in [4.69, 9.17) is 33.2 Å². The maximum atomic E-state index is 10.8. The standard InChI is InChI=1S/C21H34O9/c1-23-21(22)19-29-16-15-27-12-11-25-8-7-24-9-10-26-13-14-28-17-18-30-20-5-3-2-4-6-20/h2-6H,7-19H2,1H3. The van der Waals surface area contributed by atoms with Crippen molar-refractivity contribution in [1.29, 1.82) is 0 Å². The second-order valence-corrected chi connectivity index (χ2v) is 5.85. The number of rotatable bonds is 21. The van der Waals surface area contributed by atoms with E-state index < -0.39 is 5.97 Å². The second kappa shape index (κ2) is 20.5. The fraction of sp³-hybridized carbons (Fsp3) is 0.667. The Morgan fingerprint density at radius 3 is 1.43 bits per heavy atom. The van der Waals surface area contributed by atoms with E-state index in [9.17, 15) is 4.79 Å². The number of carbonyl (C=O) groups is 1. The van der Waals surface area contributed by atoms with Gasteiger partial charge in [0.1, 0.15) is 19.0 Å². The van der Waals surface area contributed by atoms with Crippen LogP contribution in [0.2, 0.25) is 0 Å². The molecule has 1 rings (SSSR count). The van der Waals surface area contributed by atoms with Crippen molar-refractivity contribution >= 4 is 5.97 Å². The molecule has 0 atom stereocenters. The average Bonchev–Trinajstić information content (AvgIpc) is 2.78. The first-order chi connectivity index (χ1) is 14.8. The zero-order chi connectivity index (χ0) is 21.5. The van der Waals surface area contributed by atoms with Gasteiger partial charge in [0, 0.05) is 0 Å². The quantitative estimate of drug-likeness (QED) is 0.212. The predicted octanol–water partition coefficient (Wildman–Crippen LogP) is 1.34. The molecule has 0 heterocycles. The van der Waals surface area contributed by atoms with E-state index in [0.29, 0.717) is 79.3 Å². The van der Waals surface area contributed by atoms with Gasteiger partial charge in [-0.1, -0.05) is 18.2 Å². The molecule has 172 valence electrons. The largest absolute Gasteiger partial charge is 0.491 e. The summed E-state index contributed by atoms with van der Waals surface area (Å²) in [5, 5.41) is 0. The average molecular weight is 430 g/mol. The lowest BCUT2D eigenvalue weighted by molar-refractivity contribution is -0.146. The lowest BCUT2D eigenvalue weighted by Crippen LogP contribution is -2.16. The first kappa shape index (κ1) is 26.3. The van der Waals surface area contributed by atoms with E-state index in [0.717, 1.165) is 5.75 Å². The highest BCUT2D eigenvalue weighted by Crippen LogP contribution is 2.07. The van der Waals surface area contributed by atoms with Gasteiger partial charge in [-0.15, -0.1) is 0 Å². The minimum atomic E-state index is -0.401. The number of methoxy groups -OCH3 is 1. The van der Waals surface area contributed by atoms with Crippen molar-refractivity contribution in [3.63, 3.8) is 0 Å². The van der Waals surface area contributed by atoms with Crippen molar-refractivity contribution in [1.82, 2.24) is 0 Å². The van der Waals surface area contributed by atoms with Crippen LogP contribution in [0.4, 0.5) is 0 Å². The molecule has 0 aliphatic carbocycles. The molecule has 0 aliphatic heterocycles. The normalized spacial score (nSPS) is 10.8. The Hall–Kier alpha value is -1.75. The summed E-state index contributed by atoms with van der Waals surface area (Å²) in [5.74, 6) is 0.440. The van der Waals surface area contributed by atoms with Crippen molar-refractivity contribution in [2.75, 3.05) is 93.0 Å². The van der Waals surface area contributed by atoms with Crippen LogP contribution in [0, 0.1) is 0 Å². The van der Waals surface area contributed by atoms with E-state index in [2.05, 4.69) is 4.74 Å². The Labute approximate surface area is 178 Å². The fourth-order valence-electron chi connectivity index (χ4n) is 2.05. The van der Waals surface area contributed by atoms with Gasteiger partial charge in [-0.05, 0) is 12.1 Å². The molecule has 0 fully saturated rings. The molecule has 9 heteroatoms. The topological polar surface area (TPSA) is 90.9 Å². The van der Waals surface area contributed by atoms with Gasteiger partial charge in [-0.3, -0.25) is 0 Å². The monoisotopic (exact) mass is 430 g/mol. The van der Waals surface area contributed by atoms with E-state index >= 15 is 0 Å². The van der Waals surface area contributed by atoms with Crippen LogP contribution in [-0.2, 0) is 38.0 Å². The molecule has 0 spiro atoms. The summed E-state index contributed by atoms with van der Waals surface area (Å²) in [6, 6.07) is 9.64. The summed E-state index contributed by atoms with van der Waals surface area (Å²) < 4.78 is 41.9. The third kappa shape index (κ3) is 17.1. The third-order valence-corrected chi connectivity index (χ3v) is 3.55. The highest BCUT2D eigenvalue weighted by molar-refractivity contribution is 5.70. The predicted molar refractivity (Wildman–Crippen MR) is 109 cm³/mol. The summed E-state index contributed by atoms with van der Waals surface area (Å²) >= 11 is 0. The Balaban J connectivity index is 1.68. The van der Waals surface area contributed by atoms with Crippen molar-refractivity contribution in [3.05, 3.63) is 30.3 Å². The molecule has 0 saturated heterocycles. The molecule has 1 aromatic rings. The maximum absolute atomic E-state index is 10.8. The van der Waals surface area contributed by atoms with Crippen molar-refractivity contribution in [2.45, 2.75) is 0 Å². The number of hydrogen-bond donors (Lipinski definition) is 0. The molecular weight excluding hydrogens is 396 g/mol. The molecule has 0 radical (unpaired) electrons. The summed E-state index contributed by atoms with van der Waals surface area (Å²) in [6.07, 6.45) is 0. The van der Waals surface area contributed by atoms with E-state index in [1.807, 2.05) is 30.3 Å². The number of para-hydroxylation sites is 1. The Bertz CT molecular complexity index is 499. The van der Waals surface area contributed by atoms with Gasteiger partial charge < -0.3 is 37.9 Å². The van der Waals surface area contributed by atoms with Crippen LogP contribution in [0.25, 0.3) is 0 Å². The molecule has 0 aromatic heterocycles. The minimum absolute atomic E-state index is 0.0614. The number of esters is 1. The molecule has 0 saturated carbocycles. The third-order valence-electron chi connectivity index (χ3n) is 3.55. The number of benzene rings is 1. The van der Waals surface area contributed by atoms with Crippen LogP contribution in [0.5, 0.6) is 5.75 Å². The van der Waals surface area contributed by atoms with E-state index in [-0.39, 0.29) is 6.61 Å². The van der Waals surface area contributed by atoms with Gasteiger partial charge in [-0.2, -0.15) is 0 Å². The molecule has 30 heavy (non-hydrogen) atoms. The van der Waals surface area contributed by atoms with Crippen molar-refractivity contribution in [2.24, 2.45) is 0 Å². The van der Waals surface area contributed by atoms with Crippen molar-refractivity contribution in [3.8, 4) is 5.75 Å². The van der Waals surface area contributed by atoms with Crippen LogP contribution in [0.15, 0.2) is 30.3 Å². The van der Waals surface area contributed by atoms with Crippen LogP contribution in [0.3, 0.4) is 0 Å². The van der Waals surface area contributed by atoms with Gasteiger partial charge in [0.2, 0.25) is 0 Å². The minimum Gasteiger partial charge on any atom is -0.491 e. The van der Waals surface area contributed by atoms with Gasteiger partial charge in [-0.25, -0.2) is 4.79 Å². The SMILES string of the molecule is COC(=O)COCCOCCOCCOCCOCCOCCOc1ccccc1. The summed E-state index contributed by atoms with van der Waals surface area (Å²) in [7, 11) is 1.32. The fourth-order valence-corrected chi connectivity index (χ4v) is 2.05. The highest BCUT2D eigenvalue weighted by Gasteiger charge is 1.99. The summed E-state index contributed by atoms with van der Waals surface area (Å²) in [4.78, 5) is 10.8. The van der Waals surface area contributed by atoms with Crippen LogP contribution in [0.1, 0.15) is 0 Å². The Kier molecular flexibility index (Phi) is 18.0. The molecule has 9 nitrogen and oxygen atoms in total. The Morgan fingerprint density at radius 1 is 0.600 bits per heavy atom. The first-order valence-electron chi connectivity index (χ1n) is 10.0. The lowest BCUT2D eigenvalue weighted by Gasteiger charge is -2.08. The number of ether oxygens (including phenoxy) is 8. The highest BCUT2D eigenvalue weighted by atomic mass is 16.6. The van der Waals surface area contributed by atoms with Gasteiger partial charge >= 0.3 is 5.97 Å². The zero-order valence-corrected chi connectivity index (χ0v) is 17.8. The summed E-state index contributed by atoms with van der Waals surface area (Å²) in [6.45, 7) is 5.71. The van der Waals surface area contributed by atoms with Gasteiger partial charge in [0.25, 0.3) is 0 Å². The van der Waals surface area contributed by atoms with Gasteiger partial charge in [0.05, 0.1) is 79.8 Å². The smallest absolute Gasteiger partial charge is 0.331 e. The summed E-state index contributed by atoms with van der Waals surface area (Å²) in [5.41, 5.74) is 0. The maximum Gasteiger partial charge on any atom is 0.331 e. The molecule has 0 amide bonds. The van der Waals surface area contributed by atoms with Crippen LogP contribution >= 0.6 is 0 Å². The Morgan fingerprint density at radius 2 is 1.00 bits per heavy atom. The second-order valence-electron chi connectivity index (χ2n) is 5.85.